The maximum atomic E-state index is 8.91. The van der Waals surface area contributed by atoms with Crippen LogP contribution in [0.4, 0.5) is 0 Å². The van der Waals surface area contributed by atoms with Gasteiger partial charge in [0, 0.05) is 24.0 Å². The summed E-state index contributed by atoms with van der Waals surface area (Å²) >= 11 is 0. The summed E-state index contributed by atoms with van der Waals surface area (Å²) in [6.45, 7) is 4.55. The number of hydrogen-bond acceptors (Lipinski definition) is 2. The Morgan fingerprint density at radius 2 is 1.77 bits per heavy atom. The van der Waals surface area contributed by atoms with Crippen LogP contribution in [0, 0.1) is 17.2 Å². The average molecular weight is 178 g/mol. The standard InChI is InChI=1S/C11H18N2/c1-8(2)13-10-3-4-11(13)6-9(5-10)7-12/h8-11H,3-6H2,1-2H3/t9?,10-,11+. The fourth-order valence-corrected chi connectivity index (χ4v) is 3.16. The Bertz CT molecular complexity index is 215. The Labute approximate surface area is 80.5 Å². The Morgan fingerprint density at radius 1 is 1.23 bits per heavy atom. The molecule has 1 unspecified atom stereocenters. The lowest BCUT2D eigenvalue weighted by Gasteiger charge is -2.39. The van der Waals surface area contributed by atoms with Crippen LogP contribution in [0.15, 0.2) is 0 Å². The summed E-state index contributed by atoms with van der Waals surface area (Å²) in [5.74, 6) is 0.340. The molecule has 72 valence electrons. The second-order valence-corrected chi connectivity index (χ2v) is 4.72. The van der Waals surface area contributed by atoms with Crippen LogP contribution in [0.2, 0.25) is 0 Å². The first-order valence-corrected chi connectivity index (χ1v) is 5.39. The summed E-state index contributed by atoms with van der Waals surface area (Å²) in [5, 5.41) is 8.91. The lowest BCUT2D eigenvalue weighted by atomic mass is 9.91. The second kappa shape index (κ2) is 3.31. The Morgan fingerprint density at radius 3 is 2.15 bits per heavy atom. The van der Waals surface area contributed by atoms with E-state index in [1.807, 2.05) is 0 Å². The van der Waals surface area contributed by atoms with Gasteiger partial charge in [-0.25, -0.2) is 0 Å². The number of fused-ring (bicyclic) bond motifs is 2. The van der Waals surface area contributed by atoms with E-state index in [0.717, 1.165) is 12.8 Å². The summed E-state index contributed by atoms with van der Waals surface area (Å²) in [7, 11) is 0. The molecule has 0 aromatic carbocycles. The normalized spacial score (nSPS) is 39.4. The Balaban J connectivity index is 2.10. The molecule has 13 heavy (non-hydrogen) atoms. The molecule has 0 N–H and O–H groups in total. The van der Waals surface area contributed by atoms with E-state index >= 15 is 0 Å². The highest BCUT2D eigenvalue weighted by molar-refractivity contribution is 5.01. The van der Waals surface area contributed by atoms with Gasteiger partial charge in [0.2, 0.25) is 0 Å². The predicted molar refractivity (Wildman–Crippen MR) is 52.1 cm³/mol. The van der Waals surface area contributed by atoms with E-state index in [9.17, 15) is 0 Å². The molecule has 0 aromatic rings. The fourth-order valence-electron chi connectivity index (χ4n) is 3.16. The van der Waals surface area contributed by atoms with E-state index in [0.29, 0.717) is 24.0 Å². The smallest absolute Gasteiger partial charge is 0.0657 e. The Kier molecular flexibility index (Phi) is 2.29. The zero-order valence-electron chi connectivity index (χ0n) is 8.53. The number of nitrogens with zero attached hydrogens (tertiary/aromatic N) is 2. The number of rotatable bonds is 1. The van der Waals surface area contributed by atoms with Crippen LogP contribution in [0.25, 0.3) is 0 Å². The van der Waals surface area contributed by atoms with Crippen molar-refractivity contribution in [2.45, 2.75) is 57.7 Å². The van der Waals surface area contributed by atoms with E-state index < -0.39 is 0 Å². The summed E-state index contributed by atoms with van der Waals surface area (Å²) in [6, 6.07) is 4.52. The van der Waals surface area contributed by atoms with Crippen LogP contribution in [0.5, 0.6) is 0 Å². The van der Waals surface area contributed by atoms with Gasteiger partial charge in [0.05, 0.1) is 6.07 Å². The SMILES string of the molecule is CC(C)N1[C@@H]2CC[C@H]1CC(C#N)C2. The van der Waals surface area contributed by atoms with Crippen LogP contribution in [-0.2, 0) is 0 Å². The summed E-state index contributed by atoms with van der Waals surface area (Å²) in [5.41, 5.74) is 0. The molecule has 2 fully saturated rings. The molecule has 2 heterocycles. The van der Waals surface area contributed by atoms with Crippen LogP contribution in [0.1, 0.15) is 39.5 Å². The van der Waals surface area contributed by atoms with Gasteiger partial charge >= 0.3 is 0 Å². The highest BCUT2D eigenvalue weighted by Crippen LogP contribution is 2.39. The summed E-state index contributed by atoms with van der Waals surface area (Å²) in [4.78, 5) is 2.63. The van der Waals surface area contributed by atoms with Gasteiger partial charge in [-0.3, -0.25) is 4.90 Å². The average Bonchev–Trinajstić information content (AvgIpc) is 2.37. The van der Waals surface area contributed by atoms with E-state index in [-0.39, 0.29) is 0 Å². The number of nitriles is 1. The first-order chi connectivity index (χ1) is 6.22. The largest absolute Gasteiger partial charge is 0.295 e. The van der Waals surface area contributed by atoms with Gasteiger partial charge in [-0.1, -0.05) is 0 Å². The van der Waals surface area contributed by atoms with Crippen molar-refractivity contribution in [1.29, 1.82) is 5.26 Å². The van der Waals surface area contributed by atoms with E-state index in [1.54, 1.807) is 0 Å². The first kappa shape index (κ1) is 9.02. The van der Waals surface area contributed by atoms with Gasteiger partial charge in [-0.05, 0) is 39.5 Å². The zero-order valence-corrected chi connectivity index (χ0v) is 8.53. The van der Waals surface area contributed by atoms with Crippen molar-refractivity contribution in [3.05, 3.63) is 0 Å². The monoisotopic (exact) mass is 178 g/mol. The van der Waals surface area contributed by atoms with Crippen molar-refractivity contribution in [3.63, 3.8) is 0 Å². The van der Waals surface area contributed by atoms with Crippen LogP contribution in [-0.4, -0.2) is 23.0 Å². The minimum atomic E-state index is 0.340. The maximum Gasteiger partial charge on any atom is 0.0657 e. The molecule has 0 radical (unpaired) electrons. The second-order valence-electron chi connectivity index (χ2n) is 4.72. The van der Waals surface area contributed by atoms with Gasteiger partial charge < -0.3 is 0 Å². The summed E-state index contributed by atoms with van der Waals surface area (Å²) < 4.78 is 0. The maximum absolute atomic E-state index is 8.91. The third-order valence-electron chi connectivity index (χ3n) is 3.57. The molecule has 2 bridgehead atoms. The molecule has 2 heteroatoms. The van der Waals surface area contributed by atoms with Crippen molar-refractivity contribution in [2.24, 2.45) is 5.92 Å². The Hall–Kier alpha value is -0.550. The predicted octanol–water partition coefficient (Wildman–Crippen LogP) is 2.16. The third-order valence-corrected chi connectivity index (χ3v) is 3.57. The summed E-state index contributed by atoms with van der Waals surface area (Å²) in [6.07, 6.45) is 4.87. The molecule has 0 saturated carbocycles. The minimum absolute atomic E-state index is 0.340. The van der Waals surface area contributed by atoms with Crippen LogP contribution in [0.3, 0.4) is 0 Å². The molecular formula is C11H18N2. The molecular weight excluding hydrogens is 160 g/mol. The minimum Gasteiger partial charge on any atom is -0.295 e. The van der Waals surface area contributed by atoms with Gasteiger partial charge in [-0.15, -0.1) is 0 Å². The van der Waals surface area contributed by atoms with Crippen molar-refractivity contribution in [3.8, 4) is 6.07 Å². The highest BCUT2D eigenvalue weighted by atomic mass is 15.2. The quantitative estimate of drug-likeness (QED) is 0.615. The van der Waals surface area contributed by atoms with Gasteiger partial charge in [0.1, 0.15) is 0 Å². The molecule has 2 rings (SSSR count). The molecule has 0 aliphatic carbocycles. The molecule has 0 spiro atoms. The van der Waals surface area contributed by atoms with Crippen LogP contribution < -0.4 is 0 Å². The lowest BCUT2D eigenvalue weighted by Crippen LogP contribution is -2.46. The van der Waals surface area contributed by atoms with E-state index in [1.165, 1.54) is 12.8 Å². The third kappa shape index (κ3) is 1.46. The van der Waals surface area contributed by atoms with E-state index in [4.69, 9.17) is 5.26 Å². The van der Waals surface area contributed by atoms with Crippen molar-refractivity contribution in [1.82, 2.24) is 4.90 Å². The molecule has 0 aromatic heterocycles. The van der Waals surface area contributed by atoms with Crippen molar-refractivity contribution >= 4 is 0 Å². The molecule has 2 aliphatic heterocycles. The lowest BCUT2D eigenvalue weighted by molar-refractivity contribution is 0.0874. The van der Waals surface area contributed by atoms with Crippen LogP contribution >= 0.6 is 0 Å². The van der Waals surface area contributed by atoms with Crippen molar-refractivity contribution in [2.75, 3.05) is 0 Å². The number of hydrogen-bond donors (Lipinski definition) is 0. The zero-order chi connectivity index (χ0) is 9.42. The fraction of sp³-hybridized carbons (Fsp3) is 0.909. The molecule has 2 aliphatic rings. The molecule has 2 nitrogen and oxygen atoms in total. The first-order valence-electron chi connectivity index (χ1n) is 5.39. The van der Waals surface area contributed by atoms with Crippen molar-refractivity contribution < 1.29 is 0 Å². The molecule has 0 amide bonds. The highest BCUT2D eigenvalue weighted by Gasteiger charge is 2.41. The van der Waals surface area contributed by atoms with Gasteiger partial charge in [0.15, 0.2) is 0 Å². The topological polar surface area (TPSA) is 27.0 Å². The number of piperidine rings is 1. The molecule has 2 saturated heterocycles. The van der Waals surface area contributed by atoms with Gasteiger partial charge in [0.25, 0.3) is 0 Å². The van der Waals surface area contributed by atoms with E-state index in [2.05, 4.69) is 24.8 Å². The van der Waals surface area contributed by atoms with Gasteiger partial charge in [-0.2, -0.15) is 5.26 Å². The molecule has 3 atom stereocenters.